The predicted octanol–water partition coefficient (Wildman–Crippen LogP) is 2.00. The zero-order valence-electron chi connectivity index (χ0n) is 11.1. The van der Waals surface area contributed by atoms with E-state index in [0.29, 0.717) is 6.61 Å². The maximum Gasteiger partial charge on any atom is 0.144 e. The molecule has 5 nitrogen and oxygen atoms in total. The highest BCUT2D eigenvalue weighted by Crippen LogP contribution is 2.32. The highest BCUT2D eigenvalue weighted by atomic mass is 16.5. The summed E-state index contributed by atoms with van der Waals surface area (Å²) in [5.74, 6) is 1.86. The summed E-state index contributed by atoms with van der Waals surface area (Å²) >= 11 is 0. The fraction of sp³-hybridized carbons (Fsp3) is 0.357. The number of methoxy groups -OCH3 is 2. The molecule has 1 N–H and O–H groups in total. The van der Waals surface area contributed by atoms with E-state index in [0.717, 1.165) is 35.9 Å². The van der Waals surface area contributed by atoms with Gasteiger partial charge in [0.2, 0.25) is 0 Å². The molecule has 0 aliphatic carbocycles. The number of para-hydroxylation sites is 2. The molecule has 3 rings (SSSR count). The lowest BCUT2D eigenvalue weighted by molar-refractivity contribution is 0.180. The maximum atomic E-state index is 5.41. The quantitative estimate of drug-likeness (QED) is 0.912. The second kappa shape index (κ2) is 4.93. The zero-order chi connectivity index (χ0) is 13.2. The number of ether oxygens (including phenoxy) is 2. The smallest absolute Gasteiger partial charge is 0.144 e. The van der Waals surface area contributed by atoms with Crippen molar-refractivity contribution in [3.63, 3.8) is 0 Å². The Morgan fingerprint density at radius 1 is 1.32 bits per heavy atom. The van der Waals surface area contributed by atoms with Crippen LogP contribution in [0.2, 0.25) is 0 Å². The van der Waals surface area contributed by atoms with Crippen molar-refractivity contribution in [2.24, 2.45) is 0 Å². The summed E-state index contributed by atoms with van der Waals surface area (Å²) in [4.78, 5) is 0. The first-order valence-electron chi connectivity index (χ1n) is 6.32. The lowest BCUT2D eigenvalue weighted by Gasteiger charge is -2.10. The molecule has 2 heterocycles. The molecule has 1 aliphatic heterocycles. The van der Waals surface area contributed by atoms with Crippen LogP contribution in [0.3, 0.4) is 0 Å². The minimum atomic E-state index is 0.534. The van der Waals surface area contributed by atoms with Gasteiger partial charge in [-0.05, 0) is 18.6 Å². The highest BCUT2D eigenvalue weighted by molar-refractivity contribution is 5.59. The Morgan fingerprint density at radius 2 is 2.16 bits per heavy atom. The molecule has 0 unspecified atom stereocenters. The third kappa shape index (κ3) is 1.96. The Bertz CT molecular complexity index is 592. The minimum absolute atomic E-state index is 0.534. The number of rotatable bonds is 4. The zero-order valence-corrected chi connectivity index (χ0v) is 11.1. The fourth-order valence-electron chi connectivity index (χ4n) is 2.48. The standard InChI is InChI=1S/C14H17N3O2/c1-18-9-11-10-7-8-15-14(10)17(16-11)12-5-3-4-6-13(12)19-2/h3-6,15H,7-9H2,1-2H3. The van der Waals surface area contributed by atoms with Crippen LogP contribution in [0.15, 0.2) is 24.3 Å². The fourth-order valence-corrected chi connectivity index (χ4v) is 2.48. The molecule has 0 atom stereocenters. The average molecular weight is 259 g/mol. The summed E-state index contributed by atoms with van der Waals surface area (Å²) in [7, 11) is 3.36. The van der Waals surface area contributed by atoms with Crippen LogP contribution in [0.25, 0.3) is 5.69 Å². The summed E-state index contributed by atoms with van der Waals surface area (Å²) in [6.45, 7) is 1.48. The molecule has 1 aliphatic rings. The summed E-state index contributed by atoms with van der Waals surface area (Å²) in [5.41, 5.74) is 3.18. The van der Waals surface area contributed by atoms with Crippen LogP contribution >= 0.6 is 0 Å². The summed E-state index contributed by atoms with van der Waals surface area (Å²) < 4.78 is 12.5. The molecule has 0 spiro atoms. The summed E-state index contributed by atoms with van der Waals surface area (Å²) in [6.07, 6.45) is 0.989. The molecule has 1 aromatic heterocycles. The molecule has 2 aromatic rings. The number of nitrogens with one attached hydrogen (secondary N) is 1. The first-order valence-corrected chi connectivity index (χ1v) is 6.32. The van der Waals surface area contributed by atoms with Gasteiger partial charge in [0.05, 0.1) is 19.4 Å². The number of fused-ring (bicyclic) bond motifs is 1. The monoisotopic (exact) mass is 259 g/mol. The van der Waals surface area contributed by atoms with Gasteiger partial charge in [0, 0.05) is 19.2 Å². The molecule has 0 saturated carbocycles. The number of nitrogens with zero attached hydrogens (tertiary/aromatic N) is 2. The average Bonchev–Trinajstić information content (AvgIpc) is 3.03. The Hall–Kier alpha value is -2.01. The van der Waals surface area contributed by atoms with E-state index in [1.54, 1.807) is 14.2 Å². The van der Waals surface area contributed by atoms with Crippen LogP contribution in [0.5, 0.6) is 5.75 Å². The molecule has 5 heteroatoms. The van der Waals surface area contributed by atoms with Crippen molar-refractivity contribution >= 4 is 5.82 Å². The van der Waals surface area contributed by atoms with E-state index in [4.69, 9.17) is 9.47 Å². The van der Waals surface area contributed by atoms with Crippen molar-refractivity contribution in [3.8, 4) is 11.4 Å². The Morgan fingerprint density at radius 3 is 2.95 bits per heavy atom. The van der Waals surface area contributed by atoms with Gasteiger partial charge in [-0.2, -0.15) is 5.10 Å². The van der Waals surface area contributed by atoms with Gasteiger partial charge in [0.15, 0.2) is 0 Å². The van der Waals surface area contributed by atoms with Crippen LogP contribution in [0.1, 0.15) is 11.3 Å². The van der Waals surface area contributed by atoms with Gasteiger partial charge in [-0.3, -0.25) is 0 Å². The number of aromatic nitrogens is 2. The SMILES string of the molecule is COCc1nn(-c2ccccc2OC)c2c1CCN2. The van der Waals surface area contributed by atoms with Gasteiger partial charge >= 0.3 is 0 Å². The molecular weight excluding hydrogens is 242 g/mol. The van der Waals surface area contributed by atoms with Crippen LogP contribution in [0, 0.1) is 0 Å². The number of hydrogen-bond acceptors (Lipinski definition) is 4. The number of benzene rings is 1. The van der Waals surface area contributed by atoms with Crippen molar-refractivity contribution in [1.29, 1.82) is 0 Å². The van der Waals surface area contributed by atoms with Crippen LogP contribution in [0.4, 0.5) is 5.82 Å². The van der Waals surface area contributed by atoms with Gasteiger partial charge in [-0.15, -0.1) is 0 Å². The predicted molar refractivity (Wildman–Crippen MR) is 73.0 cm³/mol. The highest BCUT2D eigenvalue weighted by Gasteiger charge is 2.23. The second-order valence-electron chi connectivity index (χ2n) is 4.47. The van der Waals surface area contributed by atoms with Gasteiger partial charge < -0.3 is 14.8 Å². The molecule has 100 valence electrons. The minimum Gasteiger partial charge on any atom is -0.494 e. The van der Waals surface area contributed by atoms with E-state index in [9.17, 15) is 0 Å². The normalized spacial score (nSPS) is 13.2. The van der Waals surface area contributed by atoms with Gasteiger partial charge in [0.25, 0.3) is 0 Å². The van der Waals surface area contributed by atoms with Crippen molar-refractivity contribution in [3.05, 3.63) is 35.5 Å². The molecular formula is C14H17N3O2. The summed E-state index contributed by atoms with van der Waals surface area (Å²) in [6, 6.07) is 7.88. The van der Waals surface area contributed by atoms with Gasteiger partial charge in [0.1, 0.15) is 17.3 Å². The Balaban J connectivity index is 2.12. The first-order chi connectivity index (χ1) is 9.35. The third-order valence-electron chi connectivity index (χ3n) is 3.33. The molecule has 0 radical (unpaired) electrons. The van der Waals surface area contributed by atoms with E-state index < -0.39 is 0 Å². The van der Waals surface area contributed by atoms with E-state index in [-0.39, 0.29) is 0 Å². The number of hydrogen-bond donors (Lipinski definition) is 1. The lowest BCUT2D eigenvalue weighted by Crippen LogP contribution is -2.06. The van der Waals surface area contributed by atoms with Crippen molar-refractivity contribution < 1.29 is 9.47 Å². The van der Waals surface area contributed by atoms with Crippen molar-refractivity contribution in [1.82, 2.24) is 9.78 Å². The van der Waals surface area contributed by atoms with Crippen molar-refractivity contribution in [2.75, 3.05) is 26.1 Å². The maximum absolute atomic E-state index is 5.41. The van der Waals surface area contributed by atoms with Crippen molar-refractivity contribution in [2.45, 2.75) is 13.0 Å². The van der Waals surface area contributed by atoms with Crippen LogP contribution in [-0.4, -0.2) is 30.5 Å². The van der Waals surface area contributed by atoms with Gasteiger partial charge in [-0.1, -0.05) is 12.1 Å². The van der Waals surface area contributed by atoms with E-state index >= 15 is 0 Å². The van der Waals surface area contributed by atoms with Crippen LogP contribution in [-0.2, 0) is 17.8 Å². The lowest BCUT2D eigenvalue weighted by atomic mass is 10.2. The van der Waals surface area contributed by atoms with E-state index in [1.165, 1.54) is 5.56 Å². The Labute approximate surface area is 112 Å². The third-order valence-corrected chi connectivity index (χ3v) is 3.33. The molecule has 0 amide bonds. The summed E-state index contributed by atoms with van der Waals surface area (Å²) in [5, 5.41) is 8.04. The molecule has 0 bridgehead atoms. The molecule has 19 heavy (non-hydrogen) atoms. The Kier molecular flexibility index (Phi) is 3.13. The topological polar surface area (TPSA) is 48.3 Å². The first kappa shape index (κ1) is 12.0. The number of anilines is 1. The molecule has 1 aromatic carbocycles. The largest absolute Gasteiger partial charge is 0.494 e. The molecule has 0 fully saturated rings. The van der Waals surface area contributed by atoms with E-state index in [1.807, 2.05) is 28.9 Å². The van der Waals surface area contributed by atoms with Crippen LogP contribution < -0.4 is 10.1 Å². The molecule has 0 saturated heterocycles. The van der Waals surface area contributed by atoms with Gasteiger partial charge in [-0.25, -0.2) is 4.68 Å². The van der Waals surface area contributed by atoms with E-state index in [2.05, 4.69) is 10.4 Å². The second-order valence-corrected chi connectivity index (χ2v) is 4.47.